The Hall–Kier alpha value is -4.14. The fourth-order valence-electron chi connectivity index (χ4n) is 3.99. The molecule has 170 valence electrons. The van der Waals surface area contributed by atoms with Crippen molar-refractivity contribution in [2.24, 2.45) is 5.10 Å². The average molecular weight is 448 g/mol. The van der Waals surface area contributed by atoms with Crippen molar-refractivity contribution in [2.75, 3.05) is 6.61 Å². The van der Waals surface area contributed by atoms with Crippen LogP contribution in [0.1, 0.15) is 43.0 Å². The molecule has 9 heteroatoms. The van der Waals surface area contributed by atoms with Crippen molar-refractivity contribution in [3.63, 3.8) is 0 Å². The first-order chi connectivity index (χ1) is 15.8. The molecule has 0 bridgehead atoms. The Labute approximate surface area is 189 Å². The van der Waals surface area contributed by atoms with E-state index in [0.717, 1.165) is 15.7 Å². The number of carbonyl (C=O) groups is 1. The summed E-state index contributed by atoms with van der Waals surface area (Å²) in [5.41, 5.74) is 0.511. The number of carbonyl (C=O) groups excluding carboxylic acids is 1. The zero-order valence-corrected chi connectivity index (χ0v) is 18.5. The first kappa shape index (κ1) is 22.1. The molecule has 1 amide bonds. The summed E-state index contributed by atoms with van der Waals surface area (Å²) in [5.74, 6) is -0.131. The number of rotatable bonds is 5. The van der Waals surface area contributed by atoms with E-state index in [9.17, 15) is 19.5 Å². The number of hydrogen-bond acceptors (Lipinski definition) is 6. The average Bonchev–Trinajstić information content (AvgIpc) is 3.21. The molecular formula is C24H24N4O5. The van der Waals surface area contributed by atoms with Crippen LogP contribution in [0.2, 0.25) is 0 Å². The minimum absolute atomic E-state index is 0.141. The summed E-state index contributed by atoms with van der Waals surface area (Å²) < 4.78 is 6.51. The third-order valence-corrected chi connectivity index (χ3v) is 5.54. The summed E-state index contributed by atoms with van der Waals surface area (Å²) in [6.45, 7) is 5.60. The number of nitrogens with zero attached hydrogens (tertiary/aromatic N) is 3. The van der Waals surface area contributed by atoms with Gasteiger partial charge in [-0.3, -0.25) is 14.6 Å². The van der Waals surface area contributed by atoms with Gasteiger partial charge in [0.2, 0.25) is 11.8 Å². The predicted molar refractivity (Wildman–Crippen MR) is 123 cm³/mol. The zero-order valence-electron chi connectivity index (χ0n) is 18.5. The maximum absolute atomic E-state index is 12.7. The molecular weight excluding hydrogens is 424 g/mol. The molecule has 0 saturated carbocycles. The second-order valence-electron chi connectivity index (χ2n) is 7.71. The minimum Gasteiger partial charge on any atom is -0.494 e. The molecule has 4 rings (SSSR count). The Balaban J connectivity index is 1.79. The van der Waals surface area contributed by atoms with Crippen molar-refractivity contribution < 1.29 is 14.6 Å². The number of nitrogens with one attached hydrogen (secondary N) is 1. The molecule has 0 spiro atoms. The number of para-hydroxylation sites is 1. The van der Waals surface area contributed by atoms with Crippen LogP contribution in [0, 0.1) is 6.92 Å². The molecule has 1 aliphatic rings. The van der Waals surface area contributed by atoms with Gasteiger partial charge in [0, 0.05) is 13.3 Å². The molecule has 9 nitrogen and oxygen atoms in total. The molecule has 0 radical (unpaired) electrons. The van der Waals surface area contributed by atoms with Crippen molar-refractivity contribution in [3.05, 3.63) is 86.1 Å². The monoisotopic (exact) mass is 448 g/mol. The van der Waals surface area contributed by atoms with E-state index < -0.39 is 23.2 Å². The maximum Gasteiger partial charge on any atom is 0.335 e. The Morgan fingerprint density at radius 2 is 1.88 bits per heavy atom. The third kappa shape index (κ3) is 4.05. The van der Waals surface area contributed by atoms with Crippen LogP contribution in [0.4, 0.5) is 0 Å². The topological polar surface area (TPSA) is 117 Å². The largest absolute Gasteiger partial charge is 0.494 e. The Morgan fingerprint density at radius 1 is 1.18 bits per heavy atom. The number of hydrogen-bond donors (Lipinski definition) is 2. The summed E-state index contributed by atoms with van der Waals surface area (Å²) >= 11 is 0. The highest BCUT2D eigenvalue weighted by Gasteiger charge is 2.34. The number of aryl methyl sites for hydroxylation is 1. The molecule has 3 aromatic rings. The lowest BCUT2D eigenvalue weighted by molar-refractivity contribution is -0.130. The Kier molecular flexibility index (Phi) is 5.87. The van der Waals surface area contributed by atoms with Crippen LogP contribution < -0.4 is 16.0 Å². The van der Waals surface area contributed by atoms with Crippen LogP contribution in [0.5, 0.6) is 11.6 Å². The van der Waals surface area contributed by atoms with Crippen LogP contribution in [-0.4, -0.2) is 37.9 Å². The molecule has 0 aliphatic carbocycles. The van der Waals surface area contributed by atoms with Gasteiger partial charge in [-0.15, -0.1) is 0 Å². The molecule has 0 unspecified atom stereocenters. The van der Waals surface area contributed by atoms with E-state index in [4.69, 9.17) is 4.74 Å². The predicted octanol–water partition coefficient (Wildman–Crippen LogP) is 2.64. The van der Waals surface area contributed by atoms with E-state index in [0.29, 0.717) is 18.0 Å². The van der Waals surface area contributed by atoms with E-state index in [-0.39, 0.29) is 23.6 Å². The Morgan fingerprint density at radius 3 is 2.52 bits per heavy atom. The number of H-pyrrole nitrogens is 1. The third-order valence-electron chi connectivity index (χ3n) is 5.54. The van der Waals surface area contributed by atoms with Crippen LogP contribution >= 0.6 is 0 Å². The fourth-order valence-corrected chi connectivity index (χ4v) is 3.99. The molecule has 1 atom stereocenters. The van der Waals surface area contributed by atoms with E-state index >= 15 is 0 Å². The SMILES string of the molecule is CCOc1ccc([C@H]2CC(c3c(O)n(-c4ccccc4C)c(=O)[nH]c3=O)=NN2C(C)=O)cc1. The highest BCUT2D eigenvalue weighted by molar-refractivity contribution is 6.04. The van der Waals surface area contributed by atoms with Crippen molar-refractivity contribution >= 4 is 11.6 Å². The van der Waals surface area contributed by atoms with Gasteiger partial charge in [-0.05, 0) is 43.2 Å². The normalized spacial score (nSPS) is 15.4. The summed E-state index contributed by atoms with van der Waals surface area (Å²) in [6.07, 6.45) is 0.191. The van der Waals surface area contributed by atoms with Gasteiger partial charge in [-0.1, -0.05) is 30.3 Å². The highest BCUT2D eigenvalue weighted by atomic mass is 16.5. The van der Waals surface area contributed by atoms with Crippen LogP contribution in [-0.2, 0) is 4.79 Å². The molecule has 2 N–H and O–H groups in total. The van der Waals surface area contributed by atoms with Gasteiger partial charge >= 0.3 is 5.69 Å². The van der Waals surface area contributed by atoms with Crippen LogP contribution in [0.15, 0.2) is 63.2 Å². The second-order valence-corrected chi connectivity index (χ2v) is 7.71. The number of ether oxygens (including phenoxy) is 1. The fraction of sp³-hybridized carbons (Fsp3) is 0.250. The number of hydrazone groups is 1. The number of amides is 1. The highest BCUT2D eigenvalue weighted by Crippen LogP contribution is 2.34. The van der Waals surface area contributed by atoms with Gasteiger partial charge < -0.3 is 9.84 Å². The van der Waals surface area contributed by atoms with Gasteiger partial charge in [0.15, 0.2) is 0 Å². The summed E-state index contributed by atoms with van der Waals surface area (Å²) in [7, 11) is 0. The smallest absolute Gasteiger partial charge is 0.335 e. The molecule has 33 heavy (non-hydrogen) atoms. The Bertz CT molecular complexity index is 1350. The molecule has 2 aromatic carbocycles. The summed E-state index contributed by atoms with van der Waals surface area (Å²) in [4.78, 5) is 39.9. The number of benzene rings is 2. The number of aromatic nitrogens is 2. The zero-order chi connectivity index (χ0) is 23.7. The lowest BCUT2D eigenvalue weighted by atomic mass is 9.99. The van der Waals surface area contributed by atoms with Gasteiger partial charge in [0.05, 0.1) is 24.0 Å². The first-order valence-corrected chi connectivity index (χ1v) is 10.6. The van der Waals surface area contributed by atoms with Gasteiger partial charge in [0.1, 0.15) is 11.3 Å². The molecule has 2 heterocycles. The summed E-state index contributed by atoms with van der Waals surface area (Å²) in [5, 5.41) is 16.6. The standard InChI is InChI=1S/C24H24N4O5/c1-4-33-17-11-9-16(10-12-17)20-13-18(26-28(20)15(3)29)21-22(30)25-24(32)27(23(21)31)19-8-6-5-7-14(19)2/h5-12,20,31H,4,13H2,1-3H3,(H,25,30,32)/t20-/m1/s1. The number of aromatic amines is 1. The summed E-state index contributed by atoms with van der Waals surface area (Å²) in [6, 6.07) is 13.8. The van der Waals surface area contributed by atoms with Gasteiger partial charge in [0.25, 0.3) is 5.56 Å². The first-order valence-electron chi connectivity index (χ1n) is 10.6. The lowest BCUT2D eigenvalue weighted by Crippen LogP contribution is -2.33. The molecule has 0 fully saturated rings. The second kappa shape index (κ2) is 8.78. The molecule has 1 aliphatic heterocycles. The molecule has 0 saturated heterocycles. The quantitative estimate of drug-likeness (QED) is 0.622. The van der Waals surface area contributed by atoms with Crippen LogP contribution in [0.3, 0.4) is 0 Å². The van der Waals surface area contributed by atoms with E-state index in [2.05, 4.69) is 10.1 Å². The molecule has 1 aromatic heterocycles. The van der Waals surface area contributed by atoms with Gasteiger partial charge in [-0.2, -0.15) is 5.10 Å². The van der Waals surface area contributed by atoms with Crippen molar-refractivity contribution in [1.29, 1.82) is 0 Å². The van der Waals surface area contributed by atoms with Crippen LogP contribution in [0.25, 0.3) is 5.69 Å². The van der Waals surface area contributed by atoms with Crippen molar-refractivity contribution in [3.8, 4) is 17.3 Å². The van der Waals surface area contributed by atoms with Crippen molar-refractivity contribution in [2.45, 2.75) is 33.2 Å². The van der Waals surface area contributed by atoms with E-state index in [1.54, 1.807) is 43.3 Å². The maximum atomic E-state index is 12.7. The van der Waals surface area contributed by atoms with Crippen molar-refractivity contribution in [1.82, 2.24) is 14.6 Å². The number of aromatic hydroxyl groups is 1. The van der Waals surface area contributed by atoms with Gasteiger partial charge in [-0.25, -0.2) is 14.4 Å². The van der Waals surface area contributed by atoms with E-state index in [1.807, 2.05) is 19.1 Å². The lowest BCUT2D eigenvalue weighted by Gasteiger charge is -2.20. The minimum atomic E-state index is -0.767. The van der Waals surface area contributed by atoms with E-state index in [1.165, 1.54) is 11.9 Å².